The number of aromatic nitrogens is 4. The quantitative estimate of drug-likeness (QED) is 0.408. The number of anilines is 1. The number of rotatable bonds is 7. The number of hydrogen-bond acceptors (Lipinski definition) is 7. The largest absolute Gasteiger partial charge is 0.507 e. The number of hydrogen-bond donors (Lipinski definition) is 2. The smallest absolute Gasteiger partial charge is 0.332 e. The van der Waals surface area contributed by atoms with Gasteiger partial charge in [-0.15, -0.1) is 0 Å². The maximum Gasteiger partial charge on any atom is 0.332 e. The SMILES string of the molecule is CCN(CC)c1ccc(C=NNC(=O)Cn2cnc3c2c(=O)n(C)c(=O)n3C)c(O)c1. The fourth-order valence-electron chi connectivity index (χ4n) is 3.31. The highest BCUT2D eigenvalue weighted by atomic mass is 16.3. The van der Waals surface area contributed by atoms with Gasteiger partial charge in [-0.25, -0.2) is 15.2 Å². The van der Waals surface area contributed by atoms with Crippen LogP contribution in [0.25, 0.3) is 11.2 Å². The van der Waals surface area contributed by atoms with Gasteiger partial charge in [0.1, 0.15) is 12.3 Å². The lowest BCUT2D eigenvalue weighted by atomic mass is 10.2. The van der Waals surface area contributed by atoms with Gasteiger partial charge in [-0.05, 0) is 26.0 Å². The molecule has 0 unspecified atom stereocenters. The fraction of sp³-hybridized carbons (Fsp3) is 0.350. The van der Waals surface area contributed by atoms with Crippen molar-refractivity contribution in [3.8, 4) is 5.75 Å². The summed E-state index contributed by atoms with van der Waals surface area (Å²) >= 11 is 0. The van der Waals surface area contributed by atoms with Crippen molar-refractivity contribution in [3.05, 3.63) is 50.9 Å². The third-order valence-corrected chi connectivity index (χ3v) is 5.07. The van der Waals surface area contributed by atoms with Gasteiger partial charge in [0.15, 0.2) is 11.2 Å². The van der Waals surface area contributed by atoms with E-state index in [-0.39, 0.29) is 23.5 Å². The number of carbonyl (C=O) groups excluding carboxylic acids is 1. The number of hydrazone groups is 1. The predicted molar refractivity (Wildman–Crippen MR) is 118 cm³/mol. The molecule has 2 N–H and O–H groups in total. The number of phenols is 1. The molecule has 0 fully saturated rings. The standard InChI is InChI=1S/C20H25N7O4/c1-5-26(6-2)14-8-7-13(15(28)9-14)10-22-23-16(29)11-27-12-21-18-17(27)19(30)25(4)20(31)24(18)3/h7-10,12,28H,5-6,11H2,1-4H3,(H,23,29). The predicted octanol–water partition coefficient (Wildman–Crippen LogP) is 0.136. The van der Waals surface area contributed by atoms with Gasteiger partial charge < -0.3 is 14.6 Å². The Balaban J connectivity index is 1.73. The van der Waals surface area contributed by atoms with Gasteiger partial charge in [-0.2, -0.15) is 5.10 Å². The second-order valence-electron chi connectivity index (χ2n) is 6.96. The summed E-state index contributed by atoms with van der Waals surface area (Å²) in [5.74, 6) is -0.446. The molecular formula is C20H25N7O4. The summed E-state index contributed by atoms with van der Waals surface area (Å²) in [4.78, 5) is 42.8. The first-order valence-corrected chi connectivity index (χ1v) is 9.79. The van der Waals surface area contributed by atoms with E-state index >= 15 is 0 Å². The van der Waals surface area contributed by atoms with Crippen LogP contribution in [0.5, 0.6) is 5.75 Å². The summed E-state index contributed by atoms with van der Waals surface area (Å²) in [6.07, 6.45) is 2.67. The molecule has 0 aliphatic carbocycles. The number of amides is 1. The van der Waals surface area contributed by atoms with E-state index in [0.717, 1.165) is 23.3 Å². The number of phenolic OH excluding ortho intramolecular Hbond substituents is 1. The molecule has 0 spiro atoms. The molecule has 0 aliphatic rings. The molecule has 11 heteroatoms. The van der Waals surface area contributed by atoms with Crippen LogP contribution in [0.4, 0.5) is 5.69 Å². The number of benzene rings is 1. The van der Waals surface area contributed by atoms with Gasteiger partial charge in [-0.1, -0.05) is 0 Å². The maximum atomic E-state index is 12.4. The van der Waals surface area contributed by atoms with Gasteiger partial charge >= 0.3 is 5.69 Å². The first kappa shape index (κ1) is 21.8. The summed E-state index contributed by atoms with van der Waals surface area (Å²) < 4.78 is 3.56. The van der Waals surface area contributed by atoms with E-state index < -0.39 is 17.2 Å². The monoisotopic (exact) mass is 427 g/mol. The van der Waals surface area contributed by atoms with E-state index in [0.29, 0.717) is 5.56 Å². The average molecular weight is 427 g/mol. The molecule has 0 atom stereocenters. The van der Waals surface area contributed by atoms with Gasteiger partial charge in [0.05, 0.1) is 12.5 Å². The molecule has 0 aliphatic heterocycles. The van der Waals surface area contributed by atoms with Crippen molar-refractivity contribution in [1.82, 2.24) is 24.1 Å². The third kappa shape index (κ3) is 4.20. The van der Waals surface area contributed by atoms with E-state index in [9.17, 15) is 19.5 Å². The molecule has 3 aromatic rings. The zero-order valence-electron chi connectivity index (χ0n) is 17.9. The Morgan fingerprint density at radius 2 is 1.94 bits per heavy atom. The zero-order chi connectivity index (χ0) is 22.7. The van der Waals surface area contributed by atoms with E-state index in [1.54, 1.807) is 12.1 Å². The van der Waals surface area contributed by atoms with Crippen LogP contribution in [0.3, 0.4) is 0 Å². The topological polar surface area (TPSA) is 127 Å². The van der Waals surface area contributed by atoms with Crippen LogP contribution in [-0.4, -0.2) is 49.0 Å². The summed E-state index contributed by atoms with van der Waals surface area (Å²) in [6, 6.07) is 5.23. The van der Waals surface area contributed by atoms with Crippen molar-refractivity contribution in [2.24, 2.45) is 19.2 Å². The van der Waals surface area contributed by atoms with Crippen molar-refractivity contribution in [2.45, 2.75) is 20.4 Å². The lowest BCUT2D eigenvalue weighted by molar-refractivity contribution is -0.121. The van der Waals surface area contributed by atoms with E-state index in [2.05, 4.69) is 20.4 Å². The Labute approximate surface area is 177 Å². The lowest BCUT2D eigenvalue weighted by Gasteiger charge is -2.21. The highest BCUT2D eigenvalue weighted by molar-refractivity contribution is 5.86. The first-order chi connectivity index (χ1) is 14.8. The molecule has 0 saturated heterocycles. The average Bonchev–Trinajstić information content (AvgIpc) is 3.16. The summed E-state index contributed by atoms with van der Waals surface area (Å²) in [7, 11) is 2.87. The molecule has 3 rings (SSSR count). The normalized spacial score (nSPS) is 11.4. The van der Waals surface area contributed by atoms with E-state index in [1.165, 1.54) is 35.8 Å². The molecule has 11 nitrogen and oxygen atoms in total. The second kappa shape index (κ2) is 8.86. The molecule has 2 heterocycles. The maximum absolute atomic E-state index is 12.4. The van der Waals surface area contributed by atoms with Crippen LogP contribution in [-0.2, 0) is 25.4 Å². The lowest BCUT2D eigenvalue weighted by Crippen LogP contribution is -2.38. The summed E-state index contributed by atoms with van der Waals surface area (Å²) in [6.45, 7) is 5.49. The van der Waals surface area contributed by atoms with Crippen LogP contribution >= 0.6 is 0 Å². The molecule has 31 heavy (non-hydrogen) atoms. The van der Waals surface area contributed by atoms with Crippen LogP contribution in [0.15, 0.2) is 39.2 Å². The Bertz CT molecular complexity index is 1260. The van der Waals surface area contributed by atoms with Crippen molar-refractivity contribution in [1.29, 1.82) is 0 Å². The third-order valence-electron chi connectivity index (χ3n) is 5.07. The van der Waals surface area contributed by atoms with Crippen molar-refractivity contribution >= 4 is 29.0 Å². The number of imidazole rings is 1. The Morgan fingerprint density at radius 1 is 1.23 bits per heavy atom. The van der Waals surface area contributed by atoms with Gasteiger partial charge in [0.2, 0.25) is 0 Å². The molecule has 1 amide bonds. The molecular weight excluding hydrogens is 402 g/mol. The fourth-order valence-corrected chi connectivity index (χ4v) is 3.31. The van der Waals surface area contributed by atoms with Crippen molar-refractivity contribution in [3.63, 3.8) is 0 Å². The zero-order valence-corrected chi connectivity index (χ0v) is 17.9. The Morgan fingerprint density at radius 3 is 2.58 bits per heavy atom. The number of aromatic hydroxyl groups is 1. The van der Waals surface area contributed by atoms with Crippen LogP contribution in [0.1, 0.15) is 19.4 Å². The summed E-state index contributed by atoms with van der Waals surface area (Å²) in [5, 5.41) is 14.1. The highest BCUT2D eigenvalue weighted by Gasteiger charge is 2.15. The number of nitrogens with one attached hydrogen (secondary N) is 1. The number of carbonyl (C=O) groups is 1. The van der Waals surface area contributed by atoms with E-state index in [4.69, 9.17) is 0 Å². The van der Waals surface area contributed by atoms with Crippen LogP contribution in [0.2, 0.25) is 0 Å². The first-order valence-electron chi connectivity index (χ1n) is 9.79. The van der Waals surface area contributed by atoms with Crippen LogP contribution in [0, 0.1) is 0 Å². The van der Waals surface area contributed by atoms with Gasteiger partial charge in [0, 0.05) is 44.5 Å². The number of aryl methyl sites for hydroxylation is 1. The minimum Gasteiger partial charge on any atom is -0.507 e. The molecule has 164 valence electrons. The van der Waals surface area contributed by atoms with Crippen molar-refractivity contribution in [2.75, 3.05) is 18.0 Å². The number of fused-ring (bicyclic) bond motifs is 1. The molecule has 2 aromatic heterocycles. The Kier molecular flexibility index (Phi) is 6.23. The van der Waals surface area contributed by atoms with Gasteiger partial charge in [0.25, 0.3) is 11.5 Å². The summed E-state index contributed by atoms with van der Waals surface area (Å²) in [5.41, 5.74) is 3.02. The molecule has 0 radical (unpaired) electrons. The highest BCUT2D eigenvalue weighted by Crippen LogP contribution is 2.23. The minimum absolute atomic E-state index is 0.0485. The Hall–Kier alpha value is -3.89. The van der Waals surface area contributed by atoms with Crippen LogP contribution < -0.4 is 21.6 Å². The minimum atomic E-state index is -0.537. The molecule has 1 aromatic carbocycles. The second-order valence-corrected chi connectivity index (χ2v) is 6.96. The van der Waals surface area contributed by atoms with Gasteiger partial charge in [-0.3, -0.25) is 18.7 Å². The van der Waals surface area contributed by atoms with Crippen molar-refractivity contribution < 1.29 is 9.90 Å². The van der Waals surface area contributed by atoms with E-state index in [1.807, 2.05) is 19.9 Å². The molecule has 0 bridgehead atoms. The number of nitrogens with zero attached hydrogens (tertiary/aromatic N) is 6. The molecule has 0 saturated carbocycles.